The standard InChI is InChI=1S/C15H21ClN2O3S/c1-11(12-6-5-7-13(16)10-12)17-15(19)14-8-3-4-9-18(14)22(2,20)21/h5-7,10-11,14H,3-4,8-9H2,1-2H3,(H,17,19). The molecule has 0 radical (unpaired) electrons. The third-order valence-corrected chi connectivity index (χ3v) is 5.41. The van der Waals surface area contributed by atoms with Gasteiger partial charge in [0.05, 0.1) is 12.3 Å². The number of sulfonamides is 1. The Balaban J connectivity index is 2.10. The SMILES string of the molecule is CC(NC(=O)C1CCCCN1S(C)(=O)=O)c1cccc(Cl)c1. The van der Waals surface area contributed by atoms with E-state index in [0.29, 0.717) is 18.0 Å². The van der Waals surface area contributed by atoms with Crippen LogP contribution >= 0.6 is 11.6 Å². The number of hydrogen-bond acceptors (Lipinski definition) is 3. The van der Waals surface area contributed by atoms with E-state index in [1.165, 1.54) is 4.31 Å². The molecular weight excluding hydrogens is 324 g/mol. The van der Waals surface area contributed by atoms with Gasteiger partial charge in [-0.2, -0.15) is 4.31 Å². The minimum absolute atomic E-state index is 0.227. The Hall–Kier alpha value is -1.11. The van der Waals surface area contributed by atoms with Crippen LogP contribution in [0.1, 0.15) is 37.8 Å². The second-order valence-electron chi connectivity index (χ2n) is 5.67. The van der Waals surface area contributed by atoms with Crippen LogP contribution in [-0.4, -0.2) is 37.5 Å². The Morgan fingerprint density at radius 2 is 2.14 bits per heavy atom. The summed E-state index contributed by atoms with van der Waals surface area (Å²) >= 11 is 5.96. The number of piperidine rings is 1. The lowest BCUT2D eigenvalue weighted by molar-refractivity contribution is -0.126. The van der Waals surface area contributed by atoms with E-state index in [1.807, 2.05) is 19.1 Å². The number of amides is 1. The molecule has 1 N–H and O–H groups in total. The second-order valence-corrected chi connectivity index (χ2v) is 8.04. The van der Waals surface area contributed by atoms with E-state index in [0.717, 1.165) is 24.7 Å². The number of carbonyl (C=O) groups is 1. The monoisotopic (exact) mass is 344 g/mol. The molecular formula is C15H21ClN2O3S. The molecule has 2 unspecified atom stereocenters. The molecule has 1 aliphatic heterocycles. The van der Waals surface area contributed by atoms with Crippen molar-refractivity contribution in [2.45, 2.75) is 38.3 Å². The van der Waals surface area contributed by atoms with Crippen LogP contribution in [0.3, 0.4) is 0 Å². The number of carbonyl (C=O) groups excluding carboxylic acids is 1. The van der Waals surface area contributed by atoms with E-state index in [-0.39, 0.29) is 11.9 Å². The van der Waals surface area contributed by atoms with Crippen molar-refractivity contribution in [3.05, 3.63) is 34.9 Å². The molecule has 2 rings (SSSR count). The molecule has 1 fully saturated rings. The number of benzene rings is 1. The zero-order chi connectivity index (χ0) is 16.3. The number of nitrogens with zero attached hydrogens (tertiary/aromatic N) is 1. The second kappa shape index (κ2) is 6.98. The highest BCUT2D eigenvalue weighted by Gasteiger charge is 2.34. The molecule has 1 aromatic rings. The largest absolute Gasteiger partial charge is 0.348 e. The molecule has 1 aromatic carbocycles. The lowest BCUT2D eigenvalue weighted by Crippen LogP contribution is -2.51. The van der Waals surface area contributed by atoms with Crippen LogP contribution in [0.4, 0.5) is 0 Å². The molecule has 2 atom stereocenters. The predicted molar refractivity (Wildman–Crippen MR) is 87.2 cm³/mol. The highest BCUT2D eigenvalue weighted by atomic mass is 35.5. The quantitative estimate of drug-likeness (QED) is 0.911. The van der Waals surface area contributed by atoms with Crippen LogP contribution in [0, 0.1) is 0 Å². The molecule has 0 aliphatic carbocycles. The fourth-order valence-corrected chi connectivity index (χ4v) is 4.06. The average Bonchev–Trinajstić information content (AvgIpc) is 2.46. The predicted octanol–water partition coefficient (Wildman–Crippen LogP) is 2.33. The summed E-state index contributed by atoms with van der Waals surface area (Å²) < 4.78 is 25.0. The maximum absolute atomic E-state index is 12.5. The minimum Gasteiger partial charge on any atom is -0.348 e. The van der Waals surface area contributed by atoms with E-state index in [4.69, 9.17) is 11.6 Å². The van der Waals surface area contributed by atoms with Crippen LogP contribution in [0.25, 0.3) is 0 Å². The first-order chi connectivity index (χ1) is 10.3. The fraction of sp³-hybridized carbons (Fsp3) is 0.533. The number of hydrogen-bond donors (Lipinski definition) is 1. The summed E-state index contributed by atoms with van der Waals surface area (Å²) in [6.45, 7) is 2.26. The van der Waals surface area contributed by atoms with Crippen LogP contribution in [0.2, 0.25) is 5.02 Å². The van der Waals surface area contributed by atoms with Crippen molar-refractivity contribution in [2.24, 2.45) is 0 Å². The first-order valence-corrected chi connectivity index (χ1v) is 9.54. The summed E-state index contributed by atoms with van der Waals surface area (Å²) in [6, 6.07) is 6.42. The average molecular weight is 345 g/mol. The van der Waals surface area contributed by atoms with Crippen molar-refractivity contribution < 1.29 is 13.2 Å². The van der Waals surface area contributed by atoms with Gasteiger partial charge in [0.2, 0.25) is 15.9 Å². The van der Waals surface area contributed by atoms with Crippen molar-refractivity contribution in [1.82, 2.24) is 9.62 Å². The zero-order valence-electron chi connectivity index (χ0n) is 12.8. The summed E-state index contributed by atoms with van der Waals surface area (Å²) in [7, 11) is -3.38. The third kappa shape index (κ3) is 4.21. The zero-order valence-corrected chi connectivity index (χ0v) is 14.3. The van der Waals surface area contributed by atoms with E-state index >= 15 is 0 Å². The van der Waals surface area contributed by atoms with Crippen LogP contribution in [0.15, 0.2) is 24.3 Å². The third-order valence-electron chi connectivity index (χ3n) is 3.89. The Kier molecular flexibility index (Phi) is 5.47. The lowest BCUT2D eigenvalue weighted by atomic mass is 10.0. The van der Waals surface area contributed by atoms with Gasteiger partial charge in [-0.15, -0.1) is 0 Å². The Morgan fingerprint density at radius 3 is 2.77 bits per heavy atom. The molecule has 0 spiro atoms. The summed E-state index contributed by atoms with van der Waals surface area (Å²) in [6.07, 6.45) is 3.36. The minimum atomic E-state index is -3.38. The van der Waals surface area contributed by atoms with Gasteiger partial charge in [0.25, 0.3) is 0 Å². The Morgan fingerprint density at radius 1 is 1.41 bits per heavy atom. The van der Waals surface area contributed by atoms with E-state index in [2.05, 4.69) is 5.32 Å². The molecule has 7 heteroatoms. The summed E-state index contributed by atoms with van der Waals surface area (Å²) in [5.41, 5.74) is 0.891. The molecule has 0 aromatic heterocycles. The smallest absolute Gasteiger partial charge is 0.238 e. The summed E-state index contributed by atoms with van der Waals surface area (Å²) in [5, 5.41) is 3.50. The van der Waals surface area contributed by atoms with Gasteiger partial charge in [-0.3, -0.25) is 4.79 Å². The normalized spacial score (nSPS) is 21.3. The van der Waals surface area contributed by atoms with Gasteiger partial charge in [-0.1, -0.05) is 30.2 Å². The van der Waals surface area contributed by atoms with Crippen molar-refractivity contribution in [2.75, 3.05) is 12.8 Å². The summed E-state index contributed by atoms with van der Waals surface area (Å²) in [4.78, 5) is 12.5. The van der Waals surface area contributed by atoms with Crippen LogP contribution in [-0.2, 0) is 14.8 Å². The molecule has 0 bridgehead atoms. The molecule has 1 amide bonds. The molecule has 1 heterocycles. The molecule has 22 heavy (non-hydrogen) atoms. The van der Waals surface area contributed by atoms with Gasteiger partial charge in [0, 0.05) is 11.6 Å². The van der Waals surface area contributed by atoms with Crippen molar-refractivity contribution >= 4 is 27.5 Å². The number of halogens is 1. The van der Waals surface area contributed by atoms with Gasteiger partial charge in [0.1, 0.15) is 6.04 Å². The van der Waals surface area contributed by atoms with Gasteiger partial charge in [-0.25, -0.2) is 8.42 Å². The highest BCUT2D eigenvalue weighted by molar-refractivity contribution is 7.88. The van der Waals surface area contributed by atoms with Crippen molar-refractivity contribution in [3.8, 4) is 0 Å². The molecule has 0 saturated carbocycles. The Bertz CT molecular complexity index is 648. The Labute approximate surface area is 136 Å². The van der Waals surface area contributed by atoms with Crippen molar-refractivity contribution in [1.29, 1.82) is 0 Å². The fourth-order valence-electron chi connectivity index (χ4n) is 2.73. The maximum Gasteiger partial charge on any atom is 0.238 e. The van der Waals surface area contributed by atoms with Crippen LogP contribution in [0.5, 0.6) is 0 Å². The highest BCUT2D eigenvalue weighted by Crippen LogP contribution is 2.22. The first-order valence-electron chi connectivity index (χ1n) is 7.31. The van der Waals surface area contributed by atoms with E-state index < -0.39 is 16.1 Å². The number of nitrogens with one attached hydrogen (secondary N) is 1. The van der Waals surface area contributed by atoms with Gasteiger partial charge < -0.3 is 5.32 Å². The molecule has 122 valence electrons. The van der Waals surface area contributed by atoms with Crippen LogP contribution < -0.4 is 5.32 Å². The van der Waals surface area contributed by atoms with E-state index in [1.54, 1.807) is 12.1 Å². The number of rotatable bonds is 4. The molecule has 5 nitrogen and oxygen atoms in total. The topological polar surface area (TPSA) is 66.5 Å². The van der Waals surface area contributed by atoms with Gasteiger partial charge in [-0.05, 0) is 37.5 Å². The van der Waals surface area contributed by atoms with Gasteiger partial charge in [0.15, 0.2) is 0 Å². The van der Waals surface area contributed by atoms with Crippen molar-refractivity contribution in [3.63, 3.8) is 0 Å². The summed E-state index contributed by atoms with van der Waals surface area (Å²) in [5.74, 6) is -0.252. The molecule has 1 aliphatic rings. The lowest BCUT2D eigenvalue weighted by Gasteiger charge is -2.33. The maximum atomic E-state index is 12.5. The molecule has 1 saturated heterocycles. The van der Waals surface area contributed by atoms with Gasteiger partial charge >= 0.3 is 0 Å². The first kappa shape index (κ1) is 17.2. The van der Waals surface area contributed by atoms with E-state index in [9.17, 15) is 13.2 Å².